The van der Waals surface area contributed by atoms with Crippen molar-refractivity contribution in [2.45, 2.75) is 26.8 Å². The fourth-order valence-electron chi connectivity index (χ4n) is 1.98. The van der Waals surface area contributed by atoms with E-state index in [1.807, 2.05) is 29.8 Å². The van der Waals surface area contributed by atoms with Crippen molar-refractivity contribution in [2.75, 3.05) is 5.32 Å². The van der Waals surface area contributed by atoms with Crippen LogP contribution in [0.25, 0.3) is 0 Å². The second-order valence-electron chi connectivity index (χ2n) is 4.84. The van der Waals surface area contributed by atoms with E-state index in [1.54, 1.807) is 0 Å². The van der Waals surface area contributed by atoms with Crippen LogP contribution in [-0.2, 0) is 17.8 Å². The maximum atomic E-state index is 13.1. The van der Waals surface area contributed by atoms with E-state index in [-0.39, 0.29) is 17.5 Å². The number of rotatable bonds is 4. The van der Waals surface area contributed by atoms with E-state index < -0.39 is 5.82 Å². The lowest BCUT2D eigenvalue weighted by Crippen LogP contribution is -2.43. The number of pyridine rings is 1. The van der Waals surface area contributed by atoms with Gasteiger partial charge in [-0.05, 0) is 30.7 Å². The number of aryl methyl sites for hydroxylation is 2. The van der Waals surface area contributed by atoms with E-state index in [4.69, 9.17) is 11.6 Å². The molecule has 0 aliphatic heterocycles. The molecule has 1 amide bonds. The van der Waals surface area contributed by atoms with Gasteiger partial charge in [-0.3, -0.25) is 4.79 Å². The second-order valence-corrected chi connectivity index (χ2v) is 5.24. The van der Waals surface area contributed by atoms with Crippen molar-refractivity contribution in [3.05, 3.63) is 58.6 Å². The van der Waals surface area contributed by atoms with Crippen molar-refractivity contribution in [3.63, 3.8) is 0 Å². The molecule has 5 heteroatoms. The first-order chi connectivity index (χ1) is 9.99. The number of amides is 1. The topological polar surface area (TPSA) is 33.0 Å². The summed E-state index contributed by atoms with van der Waals surface area (Å²) >= 11 is 5.69. The molecule has 1 aromatic carbocycles. The lowest BCUT2D eigenvalue weighted by molar-refractivity contribution is -0.690. The molecule has 0 radical (unpaired) electrons. The normalized spacial score (nSPS) is 10.5. The summed E-state index contributed by atoms with van der Waals surface area (Å²) in [5.41, 5.74) is 2.65. The molecule has 0 saturated carbocycles. The predicted octanol–water partition coefficient (Wildman–Crippen LogP) is 3.28. The van der Waals surface area contributed by atoms with Crippen molar-refractivity contribution in [2.24, 2.45) is 0 Å². The van der Waals surface area contributed by atoms with Crippen LogP contribution in [-0.4, -0.2) is 5.91 Å². The molecule has 0 aliphatic carbocycles. The van der Waals surface area contributed by atoms with Crippen molar-refractivity contribution in [1.82, 2.24) is 0 Å². The second kappa shape index (κ2) is 6.68. The summed E-state index contributed by atoms with van der Waals surface area (Å²) in [6, 6.07) is 8.15. The number of hydrogen-bond donors (Lipinski definition) is 1. The molecule has 3 nitrogen and oxygen atoms in total. The van der Waals surface area contributed by atoms with Gasteiger partial charge in [0.25, 0.3) is 5.91 Å². The van der Waals surface area contributed by atoms with Crippen LogP contribution in [0.5, 0.6) is 0 Å². The Morgan fingerprint density at radius 3 is 2.76 bits per heavy atom. The maximum absolute atomic E-state index is 13.1. The van der Waals surface area contributed by atoms with E-state index in [1.165, 1.54) is 23.8 Å². The van der Waals surface area contributed by atoms with Crippen molar-refractivity contribution >= 4 is 23.2 Å². The van der Waals surface area contributed by atoms with Gasteiger partial charge in [-0.1, -0.05) is 18.5 Å². The van der Waals surface area contributed by atoms with E-state index in [9.17, 15) is 9.18 Å². The third-order valence-corrected chi connectivity index (χ3v) is 3.53. The Hall–Kier alpha value is -1.94. The van der Waals surface area contributed by atoms with Crippen molar-refractivity contribution < 1.29 is 13.8 Å². The number of nitrogens with zero attached hydrogens (tertiary/aromatic N) is 1. The molecule has 0 unspecified atom stereocenters. The van der Waals surface area contributed by atoms with Crippen LogP contribution in [0, 0.1) is 12.7 Å². The van der Waals surface area contributed by atoms with Crippen LogP contribution in [0.1, 0.15) is 18.2 Å². The molecule has 1 aromatic heterocycles. The van der Waals surface area contributed by atoms with Crippen molar-refractivity contribution in [3.8, 4) is 0 Å². The third-order valence-electron chi connectivity index (χ3n) is 3.24. The van der Waals surface area contributed by atoms with Crippen LogP contribution in [0.2, 0.25) is 5.02 Å². The summed E-state index contributed by atoms with van der Waals surface area (Å²) < 4.78 is 15.0. The van der Waals surface area contributed by atoms with Gasteiger partial charge in [0, 0.05) is 24.2 Å². The van der Waals surface area contributed by atoms with Gasteiger partial charge < -0.3 is 5.32 Å². The molecule has 1 heterocycles. The fourth-order valence-corrected chi connectivity index (χ4v) is 2.16. The van der Waals surface area contributed by atoms with Crippen LogP contribution in [0.4, 0.5) is 10.1 Å². The Balaban J connectivity index is 2.09. The standard InChI is InChI=1S/C16H16ClFN2O/c1-3-12-5-4-11(2)20(9-12)10-16(21)19-13-6-7-15(18)14(17)8-13/h4-9H,3,10H2,1-2H3/p+1. The van der Waals surface area contributed by atoms with Gasteiger partial charge in [0.05, 0.1) is 5.02 Å². The molecule has 0 spiro atoms. The maximum Gasteiger partial charge on any atom is 0.290 e. The molecule has 2 aromatic rings. The number of nitrogens with one attached hydrogen (secondary N) is 1. The molecule has 0 saturated heterocycles. The summed E-state index contributed by atoms with van der Waals surface area (Å²) in [5.74, 6) is -0.686. The number of halogens is 2. The number of carbonyl (C=O) groups excluding carboxylic acids is 1. The summed E-state index contributed by atoms with van der Waals surface area (Å²) in [6.07, 6.45) is 2.88. The van der Waals surface area contributed by atoms with Crippen LogP contribution in [0.3, 0.4) is 0 Å². The molecule has 110 valence electrons. The quantitative estimate of drug-likeness (QED) is 0.864. The van der Waals surface area contributed by atoms with Crippen LogP contribution >= 0.6 is 11.6 Å². The molecule has 21 heavy (non-hydrogen) atoms. The lowest BCUT2D eigenvalue weighted by atomic mass is 10.2. The smallest absolute Gasteiger partial charge is 0.290 e. The highest BCUT2D eigenvalue weighted by molar-refractivity contribution is 6.31. The fraction of sp³-hybridized carbons (Fsp3) is 0.250. The zero-order chi connectivity index (χ0) is 15.4. The monoisotopic (exact) mass is 307 g/mol. The molecule has 0 bridgehead atoms. The minimum atomic E-state index is -0.504. The largest absolute Gasteiger partial charge is 0.321 e. The third kappa shape index (κ3) is 4.02. The summed E-state index contributed by atoms with van der Waals surface area (Å²) in [6.45, 7) is 4.21. The molecule has 0 atom stereocenters. The lowest BCUT2D eigenvalue weighted by Gasteiger charge is -2.06. The molecular formula is C16H17ClFN2O+. The predicted molar refractivity (Wildman–Crippen MR) is 80.8 cm³/mol. The Morgan fingerprint density at radius 2 is 2.10 bits per heavy atom. The van der Waals surface area contributed by atoms with E-state index in [0.717, 1.165) is 12.1 Å². The highest BCUT2D eigenvalue weighted by atomic mass is 35.5. The average molecular weight is 308 g/mol. The minimum absolute atomic E-state index is 0.00962. The number of hydrogen-bond acceptors (Lipinski definition) is 1. The summed E-state index contributed by atoms with van der Waals surface area (Å²) in [4.78, 5) is 12.1. The number of aromatic nitrogens is 1. The van der Waals surface area contributed by atoms with Gasteiger partial charge in [-0.25, -0.2) is 4.39 Å². The van der Waals surface area contributed by atoms with Crippen LogP contribution < -0.4 is 9.88 Å². The number of carbonyl (C=O) groups is 1. The van der Waals surface area contributed by atoms with E-state index in [0.29, 0.717) is 5.69 Å². The van der Waals surface area contributed by atoms with Gasteiger partial charge in [0.1, 0.15) is 5.82 Å². The van der Waals surface area contributed by atoms with Crippen molar-refractivity contribution in [1.29, 1.82) is 0 Å². The SMILES string of the molecule is CCc1ccc(C)[n+](CC(=O)Nc2ccc(F)c(Cl)c2)c1. The molecule has 0 aliphatic rings. The Kier molecular flexibility index (Phi) is 4.91. The zero-order valence-electron chi connectivity index (χ0n) is 12.0. The first-order valence-electron chi connectivity index (χ1n) is 6.73. The minimum Gasteiger partial charge on any atom is -0.321 e. The molecule has 1 N–H and O–H groups in total. The highest BCUT2D eigenvalue weighted by Gasteiger charge is 2.14. The highest BCUT2D eigenvalue weighted by Crippen LogP contribution is 2.19. The Bertz CT molecular complexity index is 673. The van der Waals surface area contributed by atoms with E-state index >= 15 is 0 Å². The average Bonchev–Trinajstić information content (AvgIpc) is 2.45. The van der Waals surface area contributed by atoms with E-state index in [2.05, 4.69) is 12.2 Å². The molecule has 2 rings (SSSR count). The summed E-state index contributed by atoms with van der Waals surface area (Å²) in [5, 5.41) is 2.70. The first-order valence-corrected chi connectivity index (χ1v) is 7.11. The van der Waals surface area contributed by atoms with Gasteiger partial charge in [0.15, 0.2) is 11.9 Å². The van der Waals surface area contributed by atoms with Gasteiger partial charge in [-0.15, -0.1) is 0 Å². The van der Waals surface area contributed by atoms with Gasteiger partial charge in [-0.2, -0.15) is 4.57 Å². The Labute approximate surface area is 128 Å². The molecule has 0 fully saturated rings. The van der Waals surface area contributed by atoms with Gasteiger partial charge >= 0.3 is 0 Å². The zero-order valence-corrected chi connectivity index (χ0v) is 12.7. The number of benzene rings is 1. The first kappa shape index (κ1) is 15.4. The summed E-state index contributed by atoms with van der Waals surface area (Å²) in [7, 11) is 0. The Morgan fingerprint density at radius 1 is 1.33 bits per heavy atom. The van der Waals surface area contributed by atoms with Gasteiger partial charge in [0.2, 0.25) is 6.54 Å². The number of anilines is 1. The molecular weight excluding hydrogens is 291 g/mol. The van der Waals surface area contributed by atoms with Crippen LogP contribution in [0.15, 0.2) is 36.5 Å².